The Morgan fingerprint density at radius 2 is 2.31 bits per heavy atom. The first kappa shape index (κ1) is 12.8. The van der Waals surface area contributed by atoms with E-state index in [1.165, 1.54) is 13.2 Å². The van der Waals surface area contributed by atoms with Crippen LogP contribution >= 0.6 is 15.9 Å². The molecule has 0 aliphatic carbocycles. The SMILES string of the molecule is COc1cc(CC(=O)O)nc(C(F)F)c1Br. The summed E-state index contributed by atoms with van der Waals surface area (Å²) in [6.45, 7) is 0. The van der Waals surface area contributed by atoms with Gasteiger partial charge in [-0.15, -0.1) is 0 Å². The van der Waals surface area contributed by atoms with Crippen LogP contribution in [-0.4, -0.2) is 23.2 Å². The largest absolute Gasteiger partial charge is 0.495 e. The minimum Gasteiger partial charge on any atom is -0.495 e. The van der Waals surface area contributed by atoms with Gasteiger partial charge in [0.15, 0.2) is 0 Å². The van der Waals surface area contributed by atoms with E-state index in [1.807, 2.05) is 0 Å². The third-order valence-electron chi connectivity index (χ3n) is 1.76. The highest BCUT2D eigenvalue weighted by Gasteiger charge is 2.19. The molecule has 0 fully saturated rings. The van der Waals surface area contributed by atoms with Crippen LogP contribution in [-0.2, 0) is 11.2 Å². The smallest absolute Gasteiger partial charge is 0.309 e. The Kier molecular flexibility index (Phi) is 4.17. The maximum Gasteiger partial charge on any atom is 0.309 e. The fourth-order valence-corrected chi connectivity index (χ4v) is 1.65. The second-order valence-electron chi connectivity index (χ2n) is 2.89. The number of rotatable bonds is 4. The van der Waals surface area contributed by atoms with E-state index in [0.717, 1.165) is 0 Å². The van der Waals surface area contributed by atoms with Gasteiger partial charge in [0, 0.05) is 6.07 Å². The van der Waals surface area contributed by atoms with E-state index >= 15 is 0 Å². The second-order valence-corrected chi connectivity index (χ2v) is 3.68. The van der Waals surface area contributed by atoms with Gasteiger partial charge in [-0.3, -0.25) is 4.79 Å². The Morgan fingerprint density at radius 3 is 2.75 bits per heavy atom. The lowest BCUT2D eigenvalue weighted by atomic mass is 10.2. The van der Waals surface area contributed by atoms with Crippen molar-refractivity contribution in [3.8, 4) is 5.75 Å². The monoisotopic (exact) mass is 295 g/mol. The zero-order chi connectivity index (χ0) is 12.3. The Balaban J connectivity index is 3.22. The first-order chi connectivity index (χ1) is 7.45. The summed E-state index contributed by atoms with van der Waals surface area (Å²) in [4.78, 5) is 14.0. The molecule has 0 aromatic carbocycles. The fourth-order valence-electron chi connectivity index (χ4n) is 1.12. The number of aliphatic carboxylic acids is 1. The Morgan fingerprint density at radius 1 is 1.69 bits per heavy atom. The number of halogens is 3. The highest BCUT2D eigenvalue weighted by molar-refractivity contribution is 9.10. The summed E-state index contributed by atoms with van der Waals surface area (Å²) < 4.78 is 30.0. The minimum absolute atomic E-state index is 0.0304. The first-order valence-electron chi connectivity index (χ1n) is 4.19. The van der Waals surface area contributed by atoms with Crippen molar-refractivity contribution in [2.75, 3.05) is 7.11 Å². The number of alkyl halides is 2. The molecule has 0 atom stereocenters. The maximum absolute atomic E-state index is 12.6. The predicted molar refractivity (Wildman–Crippen MR) is 54.8 cm³/mol. The topological polar surface area (TPSA) is 59.4 Å². The lowest BCUT2D eigenvalue weighted by Crippen LogP contribution is -2.06. The van der Waals surface area contributed by atoms with Crippen molar-refractivity contribution in [3.63, 3.8) is 0 Å². The van der Waals surface area contributed by atoms with Crippen LogP contribution in [0.15, 0.2) is 10.5 Å². The third-order valence-corrected chi connectivity index (χ3v) is 2.56. The molecule has 88 valence electrons. The minimum atomic E-state index is -2.79. The summed E-state index contributed by atoms with van der Waals surface area (Å²) in [6, 6.07) is 1.31. The number of carboxylic acid groups (broad SMARTS) is 1. The summed E-state index contributed by atoms with van der Waals surface area (Å²) >= 11 is 2.93. The predicted octanol–water partition coefficient (Wildman–Crippen LogP) is 2.42. The molecule has 4 nitrogen and oxygen atoms in total. The number of carboxylic acids is 1. The van der Waals surface area contributed by atoms with Crippen LogP contribution in [0.5, 0.6) is 5.75 Å². The normalized spacial score (nSPS) is 10.6. The molecular formula is C9H8BrF2NO3. The maximum atomic E-state index is 12.6. The van der Waals surface area contributed by atoms with Crippen LogP contribution in [0, 0.1) is 0 Å². The van der Waals surface area contributed by atoms with Crippen LogP contribution in [0.25, 0.3) is 0 Å². The van der Waals surface area contributed by atoms with Gasteiger partial charge in [-0.05, 0) is 15.9 Å². The lowest BCUT2D eigenvalue weighted by Gasteiger charge is -2.09. The summed E-state index contributed by atoms with van der Waals surface area (Å²) in [6.07, 6.45) is -3.22. The second kappa shape index (κ2) is 5.20. The molecule has 0 bridgehead atoms. The van der Waals surface area contributed by atoms with Gasteiger partial charge >= 0.3 is 5.97 Å². The number of hydrogen-bond acceptors (Lipinski definition) is 3. The summed E-state index contributed by atoms with van der Waals surface area (Å²) in [5, 5.41) is 8.55. The number of methoxy groups -OCH3 is 1. The molecule has 0 unspecified atom stereocenters. The van der Waals surface area contributed by atoms with Crippen molar-refractivity contribution in [2.24, 2.45) is 0 Å². The molecule has 1 aromatic heterocycles. The first-order valence-corrected chi connectivity index (χ1v) is 4.98. The Hall–Kier alpha value is -1.24. The number of pyridine rings is 1. The fraction of sp³-hybridized carbons (Fsp3) is 0.333. The molecule has 0 spiro atoms. The standard InChI is InChI=1S/C9H8BrF2NO3/c1-16-5-2-4(3-6(14)15)13-8(7(5)10)9(11)12/h2,9H,3H2,1H3,(H,14,15). The van der Waals surface area contributed by atoms with E-state index < -0.39 is 24.5 Å². The van der Waals surface area contributed by atoms with Crippen molar-refractivity contribution in [2.45, 2.75) is 12.8 Å². The number of aromatic nitrogens is 1. The van der Waals surface area contributed by atoms with E-state index in [2.05, 4.69) is 20.9 Å². The number of ether oxygens (including phenoxy) is 1. The van der Waals surface area contributed by atoms with Gasteiger partial charge in [0.2, 0.25) is 0 Å². The summed E-state index contributed by atoms with van der Waals surface area (Å²) in [5.74, 6) is -1.00. The van der Waals surface area contributed by atoms with Crippen LogP contribution in [0.1, 0.15) is 17.8 Å². The quantitative estimate of drug-likeness (QED) is 0.927. The van der Waals surface area contributed by atoms with Crippen molar-refractivity contribution < 1.29 is 23.4 Å². The molecule has 1 aromatic rings. The van der Waals surface area contributed by atoms with E-state index in [1.54, 1.807) is 0 Å². The molecule has 0 saturated heterocycles. The van der Waals surface area contributed by atoms with Gasteiger partial charge < -0.3 is 9.84 Å². The molecule has 0 saturated carbocycles. The van der Waals surface area contributed by atoms with Crippen LogP contribution in [0.2, 0.25) is 0 Å². The van der Waals surface area contributed by atoms with Gasteiger partial charge in [-0.1, -0.05) is 0 Å². The van der Waals surface area contributed by atoms with E-state index in [0.29, 0.717) is 0 Å². The van der Waals surface area contributed by atoms with Gasteiger partial charge in [0.25, 0.3) is 6.43 Å². The van der Waals surface area contributed by atoms with E-state index in [9.17, 15) is 13.6 Å². The molecule has 1 rings (SSSR count). The lowest BCUT2D eigenvalue weighted by molar-refractivity contribution is -0.136. The van der Waals surface area contributed by atoms with Crippen molar-refractivity contribution in [1.82, 2.24) is 4.98 Å². The molecule has 0 amide bonds. The molecular weight excluding hydrogens is 288 g/mol. The number of hydrogen-bond donors (Lipinski definition) is 1. The Labute approximate surface area is 98.4 Å². The molecule has 7 heteroatoms. The highest BCUT2D eigenvalue weighted by Crippen LogP contribution is 2.33. The van der Waals surface area contributed by atoms with Crippen LogP contribution < -0.4 is 4.74 Å². The molecule has 1 heterocycles. The zero-order valence-corrected chi connectivity index (χ0v) is 9.79. The number of nitrogens with zero attached hydrogens (tertiary/aromatic N) is 1. The summed E-state index contributed by atoms with van der Waals surface area (Å²) in [5.41, 5.74) is -0.488. The summed E-state index contributed by atoms with van der Waals surface area (Å²) in [7, 11) is 1.31. The third kappa shape index (κ3) is 2.88. The van der Waals surface area contributed by atoms with Gasteiger partial charge in [0.1, 0.15) is 11.4 Å². The van der Waals surface area contributed by atoms with E-state index in [-0.39, 0.29) is 15.9 Å². The average molecular weight is 296 g/mol. The number of carbonyl (C=O) groups is 1. The zero-order valence-electron chi connectivity index (χ0n) is 8.21. The molecule has 16 heavy (non-hydrogen) atoms. The van der Waals surface area contributed by atoms with Gasteiger partial charge in [-0.2, -0.15) is 0 Å². The Bertz CT molecular complexity index is 412. The van der Waals surface area contributed by atoms with Crippen LogP contribution in [0.4, 0.5) is 8.78 Å². The van der Waals surface area contributed by atoms with Gasteiger partial charge in [0.05, 0.1) is 23.7 Å². The van der Waals surface area contributed by atoms with Crippen molar-refractivity contribution >= 4 is 21.9 Å². The van der Waals surface area contributed by atoms with Crippen molar-refractivity contribution in [3.05, 3.63) is 21.9 Å². The molecule has 1 N–H and O–H groups in total. The average Bonchev–Trinajstić information content (AvgIpc) is 2.19. The van der Waals surface area contributed by atoms with Gasteiger partial charge in [-0.25, -0.2) is 13.8 Å². The van der Waals surface area contributed by atoms with E-state index in [4.69, 9.17) is 9.84 Å². The molecule has 0 aliphatic heterocycles. The van der Waals surface area contributed by atoms with Crippen LogP contribution in [0.3, 0.4) is 0 Å². The molecule has 0 radical (unpaired) electrons. The van der Waals surface area contributed by atoms with Crippen molar-refractivity contribution in [1.29, 1.82) is 0 Å². The molecule has 0 aliphatic rings. The highest BCUT2D eigenvalue weighted by atomic mass is 79.9.